The van der Waals surface area contributed by atoms with Crippen molar-refractivity contribution in [3.8, 4) is 0 Å². The zero-order valence-corrected chi connectivity index (χ0v) is 34.5. The summed E-state index contributed by atoms with van der Waals surface area (Å²) in [5, 5.41) is 24.7. The van der Waals surface area contributed by atoms with E-state index in [-0.39, 0.29) is 34.9 Å². The number of carboxylic acid groups (broad SMARTS) is 2. The second-order valence-corrected chi connectivity index (χ2v) is 14.9. The van der Waals surface area contributed by atoms with Gasteiger partial charge < -0.3 is 35.2 Å². The van der Waals surface area contributed by atoms with E-state index in [0.717, 1.165) is 43.1 Å². The summed E-state index contributed by atoms with van der Waals surface area (Å²) in [5.41, 5.74) is 3.40. The lowest BCUT2D eigenvalue weighted by atomic mass is 10.0. The van der Waals surface area contributed by atoms with Gasteiger partial charge in [-0.15, -0.1) is 0 Å². The molecule has 2 aliphatic rings. The molecule has 4 N–H and O–H groups in total. The molecule has 2 fully saturated rings. The molecule has 4 aromatic rings. The van der Waals surface area contributed by atoms with E-state index in [1.807, 2.05) is 13.0 Å². The minimum absolute atomic E-state index is 0.0253. The van der Waals surface area contributed by atoms with Crippen molar-refractivity contribution in [2.45, 2.75) is 70.4 Å². The zero-order chi connectivity index (χ0) is 44.2. The topological polar surface area (TPSA) is 222 Å². The van der Waals surface area contributed by atoms with Crippen molar-refractivity contribution in [3.05, 3.63) is 130 Å². The maximum Gasteiger partial charge on any atom is 0.349 e. The van der Waals surface area contributed by atoms with Crippen molar-refractivity contribution >= 4 is 59.0 Å². The minimum atomic E-state index is -2.21. The van der Waals surface area contributed by atoms with Gasteiger partial charge in [-0.1, -0.05) is 60.1 Å². The number of hydrogen-bond donors (Lipinski definition) is 4. The normalized spacial score (nSPS) is 16.3. The van der Waals surface area contributed by atoms with Gasteiger partial charge in [-0.2, -0.15) is 0 Å². The van der Waals surface area contributed by atoms with Crippen LogP contribution in [0.2, 0.25) is 5.02 Å². The summed E-state index contributed by atoms with van der Waals surface area (Å²) in [6, 6.07) is 23.7. The molecule has 1 aromatic heterocycles. The number of amides is 3. The van der Waals surface area contributed by atoms with Gasteiger partial charge in [0.1, 0.15) is 11.9 Å². The van der Waals surface area contributed by atoms with Gasteiger partial charge in [-0.05, 0) is 86.7 Å². The first-order valence-corrected chi connectivity index (χ1v) is 19.8. The molecular formula is C44H46ClN5O11. The highest BCUT2D eigenvalue weighted by Crippen LogP contribution is 2.29. The van der Waals surface area contributed by atoms with Crippen molar-refractivity contribution in [3.63, 3.8) is 0 Å². The molecule has 3 amide bonds. The van der Waals surface area contributed by atoms with Crippen molar-refractivity contribution in [2.75, 3.05) is 25.5 Å². The molecular weight excluding hydrogens is 810 g/mol. The van der Waals surface area contributed by atoms with Crippen LogP contribution in [0, 0.1) is 13.8 Å². The van der Waals surface area contributed by atoms with Gasteiger partial charge in [-0.25, -0.2) is 24.2 Å². The fraction of sp³-hybridized carbons (Fsp3) is 0.318. The molecule has 3 atom stereocenters. The maximum atomic E-state index is 13.2. The van der Waals surface area contributed by atoms with Crippen LogP contribution in [0.5, 0.6) is 0 Å². The number of aromatic nitrogens is 1. The third-order valence-electron chi connectivity index (χ3n) is 10.1. The Kier molecular flexibility index (Phi) is 15.7. The lowest BCUT2D eigenvalue weighted by molar-refractivity contribution is -0.166. The highest BCUT2D eigenvalue weighted by Gasteiger charge is 2.42. The number of aryl methyl sites for hydroxylation is 2. The smallest absolute Gasteiger partial charge is 0.349 e. The molecule has 3 aromatic carbocycles. The van der Waals surface area contributed by atoms with Gasteiger partial charge in [-0.3, -0.25) is 19.3 Å². The van der Waals surface area contributed by atoms with Gasteiger partial charge >= 0.3 is 23.9 Å². The van der Waals surface area contributed by atoms with E-state index in [2.05, 4.69) is 32.7 Å². The first-order valence-electron chi connectivity index (χ1n) is 19.4. The van der Waals surface area contributed by atoms with Crippen LogP contribution in [0.1, 0.15) is 73.6 Å². The van der Waals surface area contributed by atoms with Crippen LogP contribution in [-0.4, -0.2) is 111 Å². The molecule has 17 heteroatoms. The molecule has 0 aliphatic carbocycles. The fourth-order valence-electron chi connectivity index (χ4n) is 7.05. The predicted molar refractivity (Wildman–Crippen MR) is 222 cm³/mol. The molecule has 6 rings (SSSR count). The summed E-state index contributed by atoms with van der Waals surface area (Å²) in [6.07, 6.45) is -1.92. The standard InChI is InChI=1S/C26H32ClN5O3.C18H14O8/c1-16-12-18(4-5-21(16)27)15-31-10-8-20(9-11-31)32-22(6-7-24(32)33)26(35)30-23-14-19(25(34)28-3)13-17(2)29-23;19-15(20)13(25-17(23)11-7-3-1-4-8-11)14(16(21)22)26-18(24)12-9-5-2-6-10-12/h4-5,12-14,20,22H,6-11,15H2,1-3H3,(H,28,34)(H,29,30,35);1-10,13-14H,(H,19,20)(H,21,22)/t22-;/m1./s1. The molecule has 16 nitrogen and oxygen atoms in total. The van der Waals surface area contributed by atoms with Crippen LogP contribution >= 0.6 is 11.6 Å². The van der Waals surface area contributed by atoms with E-state index in [9.17, 15) is 43.8 Å². The Bertz CT molecular complexity index is 2180. The van der Waals surface area contributed by atoms with Gasteiger partial charge in [0.15, 0.2) is 0 Å². The molecule has 0 spiro atoms. The van der Waals surface area contributed by atoms with Crippen molar-refractivity contribution in [1.82, 2.24) is 20.1 Å². The quantitative estimate of drug-likeness (QED) is 0.132. The number of nitrogens with zero attached hydrogens (tertiary/aromatic N) is 3. The Morgan fingerprint density at radius 3 is 1.85 bits per heavy atom. The minimum Gasteiger partial charge on any atom is -0.478 e. The number of nitrogens with one attached hydrogen (secondary N) is 2. The summed E-state index contributed by atoms with van der Waals surface area (Å²) >= 11 is 6.15. The number of aliphatic carboxylic acids is 2. The summed E-state index contributed by atoms with van der Waals surface area (Å²) in [5.74, 6) is -5.79. The SMILES string of the molecule is CNC(=O)c1cc(C)nc(NC(=O)[C@H]2CCC(=O)N2C2CCN(Cc3ccc(Cl)c(C)c3)CC2)c1.O=C(OC(C(=O)O)C(OC(=O)c1ccccc1)C(=O)O)c1ccccc1. The van der Waals surface area contributed by atoms with Gasteiger partial charge in [0.05, 0.1) is 11.1 Å². The van der Waals surface area contributed by atoms with Gasteiger partial charge in [0.2, 0.25) is 24.0 Å². The van der Waals surface area contributed by atoms with E-state index >= 15 is 0 Å². The molecule has 2 aliphatic heterocycles. The first-order chi connectivity index (χ1) is 29.1. The van der Waals surface area contributed by atoms with Crippen LogP contribution in [0.4, 0.5) is 5.82 Å². The predicted octanol–water partition coefficient (Wildman–Crippen LogP) is 4.91. The second-order valence-electron chi connectivity index (χ2n) is 14.5. The number of piperidine rings is 1. The molecule has 0 radical (unpaired) electrons. The highest BCUT2D eigenvalue weighted by atomic mass is 35.5. The Hall–Kier alpha value is -6.65. The summed E-state index contributed by atoms with van der Waals surface area (Å²) in [6.45, 7) is 6.34. The molecule has 2 saturated heterocycles. The first kappa shape index (κ1) is 45.4. The number of esters is 2. The van der Waals surface area contributed by atoms with Crippen LogP contribution in [-0.2, 0) is 35.2 Å². The van der Waals surface area contributed by atoms with Crippen LogP contribution < -0.4 is 10.6 Å². The Morgan fingerprint density at radius 1 is 0.787 bits per heavy atom. The van der Waals surface area contributed by atoms with Crippen LogP contribution in [0.25, 0.3) is 0 Å². The summed E-state index contributed by atoms with van der Waals surface area (Å²) in [4.78, 5) is 93.3. The third-order valence-corrected chi connectivity index (χ3v) is 10.5. The second kappa shape index (κ2) is 21.0. The summed E-state index contributed by atoms with van der Waals surface area (Å²) < 4.78 is 9.52. The lowest BCUT2D eigenvalue weighted by Gasteiger charge is -2.39. The van der Waals surface area contributed by atoms with Crippen molar-refractivity contribution < 1.29 is 53.2 Å². The van der Waals surface area contributed by atoms with E-state index < -0.39 is 42.1 Å². The fourth-order valence-corrected chi connectivity index (χ4v) is 7.17. The number of pyridine rings is 1. The number of hydrogen-bond acceptors (Lipinski definition) is 11. The van der Waals surface area contributed by atoms with Crippen LogP contribution in [0.3, 0.4) is 0 Å². The number of carboxylic acids is 2. The highest BCUT2D eigenvalue weighted by molar-refractivity contribution is 6.31. The molecule has 3 heterocycles. The number of rotatable bonds is 13. The largest absolute Gasteiger partial charge is 0.478 e. The average Bonchev–Trinajstić information content (AvgIpc) is 3.64. The van der Waals surface area contributed by atoms with Gasteiger partial charge in [0.25, 0.3) is 5.91 Å². The summed E-state index contributed by atoms with van der Waals surface area (Å²) in [7, 11) is 1.56. The molecule has 61 heavy (non-hydrogen) atoms. The third kappa shape index (κ3) is 12.2. The lowest BCUT2D eigenvalue weighted by Crippen LogP contribution is -2.51. The van der Waals surface area contributed by atoms with E-state index in [4.69, 9.17) is 21.1 Å². The van der Waals surface area contributed by atoms with E-state index in [1.54, 1.807) is 43.1 Å². The van der Waals surface area contributed by atoms with Crippen molar-refractivity contribution in [1.29, 1.82) is 0 Å². The maximum absolute atomic E-state index is 13.2. The molecule has 320 valence electrons. The zero-order valence-electron chi connectivity index (χ0n) is 33.7. The Morgan fingerprint density at radius 2 is 1.34 bits per heavy atom. The number of halogens is 1. The van der Waals surface area contributed by atoms with E-state index in [1.165, 1.54) is 54.1 Å². The number of ether oxygens (including phenoxy) is 2. The average molecular weight is 856 g/mol. The monoisotopic (exact) mass is 855 g/mol. The number of carbonyl (C=O) groups is 7. The van der Waals surface area contributed by atoms with Crippen molar-refractivity contribution in [2.24, 2.45) is 0 Å². The van der Waals surface area contributed by atoms with E-state index in [0.29, 0.717) is 29.9 Å². The molecule has 0 bridgehead atoms. The Labute approximate surface area is 356 Å². The Balaban J connectivity index is 0.000000242. The number of carbonyl (C=O) groups excluding carboxylic acids is 5. The van der Waals surface area contributed by atoms with Crippen LogP contribution in [0.15, 0.2) is 91.0 Å². The number of likely N-dealkylation sites (tertiary alicyclic amines) is 2. The van der Waals surface area contributed by atoms with Gasteiger partial charge in [0, 0.05) is 55.4 Å². The molecule has 2 unspecified atom stereocenters. The number of anilines is 1. The number of benzene rings is 3. The molecule has 0 saturated carbocycles.